The van der Waals surface area contributed by atoms with Gasteiger partial charge in [-0.25, -0.2) is 0 Å². The molecule has 0 radical (unpaired) electrons. The molecule has 0 saturated carbocycles. The van der Waals surface area contributed by atoms with E-state index in [9.17, 15) is 0 Å². The number of hydrogen-bond donors (Lipinski definition) is 0. The van der Waals surface area contributed by atoms with Crippen molar-refractivity contribution < 1.29 is 4.52 Å². The largest absolute Gasteiger partial charge is 0.354 e. The fraction of sp³-hybridized carbons (Fsp3) is 0.333. The number of nitrogens with zero attached hydrogens (tertiary/aromatic N) is 2. The average Bonchev–Trinajstić information content (AvgIpc) is 2.47. The summed E-state index contributed by atoms with van der Waals surface area (Å²) < 4.78 is 5.10. The molecule has 0 saturated heterocycles. The van der Waals surface area contributed by atoms with E-state index in [4.69, 9.17) is 4.52 Å². The van der Waals surface area contributed by atoms with Gasteiger partial charge < -0.3 is 4.52 Å². The molecule has 0 aliphatic rings. The molecule has 0 atom stereocenters. The molecule has 0 aromatic carbocycles. The first-order valence-corrected chi connectivity index (χ1v) is 3.99. The van der Waals surface area contributed by atoms with Crippen LogP contribution >= 0.6 is 0 Å². The highest BCUT2D eigenvalue weighted by molar-refractivity contribution is 5.74. The van der Waals surface area contributed by atoms with Gasteiger partial charge >= 0.3 is 0 Å². The Balaban J connectivity index is 2.70. The van der Waals surface area contributed by atoms with Gasteiger partial charge in [0.2, 0.25) is 0 Å². The molecule has 3 nitrogen and oxygen atoms in total. The molecule has 2 heterocycles. The zero-order valence-corrected chi connectivity index (χ0v) is 7.11. The van der Waals surface area contributed by atoms with Crippen molar-refractivity contribution in [1.82, 2.24) is 10.1 Å². The summed E-state index contributed by atoms with van der Waals surface area (Å²) in [6.45, 7) is 4.15. The third kappa shape index (κ3) is 0.978. The zero-order valence-electron chi connectivity index (χ0n) is 7.11. The molecule has 0 unspecified atom stereocenters. The summed E-state index contributed by atoms with van der Waals surface area (Å²) >= 11 is 0. The summed E-state index contributed by atoms with van der Waals surface area (Å²) in [6.07, 6.45) is 1.76. The van der Waals surface area contributed by atoms with Crippen LogP contribution in [0.3, 0.4) is 0 Å². The Labute approximate surface area is 70.4 Å². The molecule has 0 N–H and O–H groups in total. The van der Waals surface area contributed by atoms with Crippen LogP contribution in [0, 0.1) is 0 Å². The van der Waals surface area contributed by atoms with Gasteiger partial charge in [-0.15, -0.1) is 0 Å². The monoisotopic (exact) mass is 162 g/mol. The van der Waals surface area contributed by atoms with E-state index >= 15 is 0 Å². The van der Waals surface area contributed by atoms with Crippen molar-refractivity contribution in [3.63, 3.8) is 0 Å². The van der Waals surface area contributed by atoms with Crippen LogP contribution in [0.2, 0.25) is 0 Å². The lowest BCUT2D eigenvalue weighted by molar-refractivity contribution is 0.441. The van der Waals surface area contributed by atoms with Crippen LogP contribution in [0.4, 0.5) is 0 Å². The van der Waals surface area contributed by atoms with Crippen molar-refractivity contribution in [2.24, 2.45) is 0 Å². The van der Waals surface area contributed by atoms with Crippen molar-refractivity contribution in [1.29, 1.82) is 0 Å². The average molecular weight is 162 g/mol. The topological polar surface area (TPSA) is 38.9 Å². The highest BCUT2D eigenvalue weighted by Crippen LogP contribution is 2.21. The number of pyridine rings is 1. The second-order valence-corrected chi connectivity index (χ2v) is 3.07. The van der Waals surface area contributed by atoms with Gasteiger partial charge in [-0.2, -0.15) is 0 Å². The number of rotatable bonds is 1. The van der Waals surface area contributed by atoms with E-state index in [2.05, 4.69) is 24.0 Å². The van der Waals surface area contributed by atoms with E-state index in [1.165, 1.54) is 0 Å². The second kappa shape index (κ2) is 2.59. The molecule has 3 heteroatoms. The Morgan fingerprint density at radius 1 is 1.42 bits per heavy atom. The molecule has 2 rings (SSSR count). The lowest BCUT2D eigenvalue weighted by Gasteiger charge is -1.95. The van der Waals surface area contributed by atoms with E-state index in [0.29, 0.717) is 5.92 Å². The minimum Gasteiger partial charge on any atom is -0.354 e. The summed E-state index contributed by atoms with van der Waals surface area (Å²) in [4.78, 5) is 4.21. The first kappa shape index (κ1) is 7.28. The molecule has 0 spiro atoms. The van der Waals surface area contributed by atoms with Crippen molar-refractivity contribution in [2.45, 2.75) is 19.8 Å². The van der Waals surface area contributed by atoms with Gasteiger partial charge in [-0.3, -0.25) is 4.98 Å². The summed E-state index contributed by atoms with van der Waals surface area (Å²) in [5.41, 5.74) is 2.58. The molecule has 0 bridgehead atoms. The summed E-state index contributed by atoms with van der Waals surface area (Å²) in [6, 6.07) is 3.72. The molecule has 12 heavy (non-hydrogen) atoms. The minimum absolute atomic E-state index is 0.362. The first-order valence-electron chi connectivity index (χ1n) is 3.99. The van der Waals surface area contributed by atoms with Crippen LogP contribution in [0.25, 0.3) is 11.1 Å². The molecular weight excluding hydrogens is 152 g/mol. The Bertz CT molecular complexity index is 392. The van der Waals surface area contributed by atoms with Crippen LogP contribution in [0.15, 0.2) is 22.9 Å². The number of aromatic nitrogens is 2. The summed E-state index contributed by atoms with van der Waals surface area (Å²) in [5.74, 6) is 0.362. The highest BCUT2D eigenvalue weighted by Gasteiger charge is 2.11. The Hall–Kier alpha value is -1.38. The van der Waals surface area contributed by atoms with E-state index in [1.807, 2.05) is 12.1 Å². The quantitative estimate of drug-likeness (QED) is 0.646. The van der Waals surface area contributed by atoms with Crippen molar-refractivity contribution in [3.05, 3.63) is 24.0 Å². The lowest BCUT2D eigenvalue weighted by atomic mass is 10.1. The van der Waals surface area contributed by atoms with Gasteiger partial charge in [0, 0.05) is 12.1 Å². The van der Waals surface area contributed by atoms with E-state index in [-0.39, 0.29) is 0 Å². The van der Waals surface area contributed by atoms with Gasteiger partial charge in [-0.05, 0) is 12.1 Å². The molecular formula is C9H10N2O. The van der Waals surface area contributed by atoms with Crippen LogP contribution in [0.5, 0.6) is 0 Å². The summed E-state index contributed by atoms with van der Waals surface area (Å²) in [7, 11) is 0. The molecule has 62 valence electrons. The maximum Gasteiger partial charge on any atom is 0.185 e. The number of fused-ring (bicyclic) bond motifs is 1. The Morgan fingerprint density at radius 3 is 3.00 bits per heavy atom. The van der Waals surface area contributed by atoms with Gasteiger partial charge in [0.05, 0.1) is 0 Å². The normalized spacial score (nSPS) is 11.2. The van der Waals surface area contributed by atoms with Crippen LogP contribution in [0.1, 0.15) is 25.5 Å². The van der Waals surface area contributed by atoms with E-state index < -0.39 is 0 Å². The fourth-order valence-corrected chi connectivity index (χ4v) is 1.18. The predicted octanol–water partition coefficient (Wildman–Crippen LogP) is 2.35. The van der Waals surface area contributed by atoms with Crippen LogP contribution < -0.4 is 0 Å². The molecule has 2 aromatic heterocycles. The molecule has 0 aliphatic heterocycles. The fourth-order valence-electron chi connectivity index (χ4n) is 1.18. The maximum absolute atomic E-state index is 5.10. The van der Waals surface area contributed by atoms with E-state index in [1.54, 1.807) is 6.20 Å². The Morgan fingerprint density at radius 2 is 2.25 bits per heavy atom. The van der Waals surface area contributed by atoms with Crippen molar-refractivity contribution in [2.75, 3.05) is 0 Å². The lowest BCUT2D eigenvalue weighted by Crippen LogP contribution is -1.88. The van der Waals surface area contributed by atoms with Crippen LogP contribution in [-0.2, 0) is 0 Å². The second-order valence-electron chi connectivity index (χ2n) is 3.07. The van der Waals surface area contributed by atoms with Gasteiger partial charge in [0.25, 0.3) is 0 Å². The summed E-state index contributed by atoms with van der Waals surface area (Å²) in [5, 5.41) is 3.96. The van der Waals surface area contributed by atoms with Gasteiger partial charge in [-0.1, -0.05) is 19.0 Å². The van der Waals surface area contributed by atoms with Crippen molar-refractivity contribution >= 4 is 11.1 Å². The minimum atomic E-state index is 0.362. The molecule has 2 aromatic rings. The first-order chi connectivity index (χ1) is 5.79. The van der Waals surface area contributed by atoms with Crippen LogP contribution in [-0.4, -0.2) is 10.1 Å². The van der Waals surface area contributed by atoms with Gasteiger partial charge in [0.1, 0.15) is 11.2 Å². The maximum atomic E-state index is 5.10. The van der Waals surface area contributed by atoms with Gasteiger partial charge in [0.15, 0.2) is 5.58 Å². The zero-order chi connectivity index (χ0) is 8.55. The standard InChI is InChI=1S/C9H10N2O/c1-6(2)8-9-7(12-11-8)4-3-5-10-9/h3-6H,1-2H3. The molecule has 0 fully saturated rings. The Kier molecular flexibility index (Phi) is 1.57. The highest BCUT2D eigenvalue weighted by atomic mass is 16.5. The SMILES string of the molecule is CC(C)c1noc2cccnc12. The predicted molar refractivity (Wildman–Crippen MR) is 45.9 cm³/mol. The van der Waals surface area contributed by atoms with Crippen molar-refractivity contribution in [3.8, 4) is 0 Å². The molecule has 0 aliphatic carbocycles. The third-order valence-electron chi connectivity index (χ3n) is 1.80. The smallest absolute Gasteiger partial charge is 0.185 e. The third-order valence-corrected chi connectivity index (χ3v) is 1.80. The van der Waals surface area contributed by atoms with E-state index in [0.717, 1.165) is 16.8 Å². The molecule has 0 amide bonds. The number of hydrogen-bond acceptors (Lipinski definition) is 3.